The fourth-order valence-electron chi connectivity index (χ4n) is 3.40. The van der Waals surface area contributed by atoms with Gasteiger partial charge >= 0.3 is 0 Å². The average molecular weight is 355 g/mol. The highest BCUT2D eigenvalue weighted by Gasteiger charge is 2.24. The zero-order chi connectivity index (χ0) is 18.7. The maximum atomic E-state index is 12.5. The van der Waals surface area contributed by atoms with E-state index in [0.29, 0.717) is 32.5 Å². The summed E-state index contributed by atoms with van der Waals surface area (Å²) in [5, 5.41) is 7.54. The number of nitrogens with zero attached hydrogens (tertiary/aromatic N) is 3. The summed E-state index contributed by atoms with van der Waals surface area (Å²) in [6, 6.07) is 9.83. The zero-order valence-corrected chi connectivity index (χ0v) is 15.2. The number of benzene rings is 1. The lowest BCUT2D eigenvalue weighted by Crippen LogP contribution is -2.42. The molecular formula is C19H25N5O2. The van der Waals surface area contributed by atoms with Crippen LogP contribution in [0.15, 0.2) is 30.3 Å². The van der Waals surface area contributed by atoms with E-state index in [9.17, 15) is 9.59 Å². The molecule has 0 saturated carbocycles. The summed E-state index contributed by atoms with van der Waals surface area (Å²) in [5.74, 6) is -0.377. The number of carbonyl (C=O) groups is 2. The maximum absolute atomic E-state index is 12.5. The highest BCUT2D eigenvalue weighted by molar-refractivity contribution is 5.93. The number of rotatable bonds is 5. The Morgan fingerprint density at radius 3 is 2.46 bits per heavy atom. The van der Waals surface area contributed by atoms with E-state index in [2.05, 4.69) is 15.3 Å². The summed E-state index contributed by atoms with van der Waals surface area (Å²) >= 11 is 0. The number of nitrogens with two attached hydrogens (primary N) is 1. The van der Waals surface area contributed by atoms with Gasteiger partial charge in [0.1, 0.15) is 0 Å². The van der Waals surface area contributed by atoms with Crippen molar-refractivity contribution in [2.24, 2.45) is 11.7 Å². The second kappa shape index (κ2) is 7.70. The molecule has 0 bridgehead atoms. The minimum atomic E-state index is -0.242. The van der Waals surface area contributed by atoms with Crippen molar-refractivity contribution in [2.75, 3.05) is 25.0 Å². The summed E-state index contributed by atoms with van der Waals surface area (Å²) in [6.45, 7) is 5.56. The normalized spacial score (nSPS) is 15.8. The van der Waals surface area contributed by atoms with Gasteiger partial charge in [-0.15, -0.1) is 0 Å². The molecule has 1 fully saturated rings. The largest absolute Gasteiger partial charge is 0.369 e. The van der Waals surface area contributed by atoms with Gasteiger partial charge in [-0.25, -0.2) is 4.68 Å². The molecule has 3 rings (SSSR count). The summed E-state index contributed by atoms with van der Waals surface area (Å²) in [4.78, 5) is 25.8. The summed E-state index contributed by atoms with van der Waals surface area (Å²) in [6.07, 6.45) is 1.43. The van der Waals surface area contributed by atoms with Crippen LogP contribution in [0.4, 0.5) is 5.69 Å². The molecule has 2 aromatic rings. The number of piperidine rings is 1. The van der Waals surface area contributed by atoms with E-state index in [-0.39, 0.29) is 17.7 Å². The molecule has 2 amide bonds. The minimum absolute atomic E-state index is 0.0668. The monoisotopic (exact) mass is 355 g/mol. The molecule has 1 saturated heterocycles. The molecule has 0 unspecified atom stereocenters. The molecule has 0 atom stereocenters. The third-order valence-electron chi connectivity index (χ3n) is 4.91. The van der Waals surface area contributed by atoms with Crippen LogP contribution >= 0.6 is 0 Å². The highest BCUT2D eigenvalue weighted by atomic mass is 16.2. The first-order valence-electron chi connectivity index (χ1n) is 8.89. The topological polar surface area (TPSA) is 93.2 Å². The number of para-hydroxylation sites is 1. The average Bonchev–Trinajstić information content (AvgIpc) is 2.91. The molecular weight excluding hydrogens is 330 g/mol. The van der Waals surface area contributed by atoms with Gasteiger partial charge in [0.25, 0.3) is 0 Å². The van der Waals surface area contributed by atoms with Crippen LogP contribution in [0.5, 0.6) is 0 Å². The van der Waals surface area contributed by atoms with Crippen molar-refractivity contribution in [2.45, 2.75) is 26.7 Å². The molecule has 1 aliphatic rings. The number of anilines is 1. The van der Waals surface area contributed by atoms with Crippen LogP contribution in [0.3, 0.4) is 0 Å². The molecule has 1 aromatic heterocycles. The number of aryl methyl sites for hydroxylation is 1. The second-order valence-corrected chi connectivity index (χ2v) is 6.79. The third kappa shape index (κ3) is 3.94. The van der Waals surface area contributed by atoms with Gasteiger partial charge in [-0.3, -0.25) is 14.5 Å². The van der Waals surface area contributed by atoms with Crippen molar-refractivity contribution in [3.63, 3.8) is 0 Å². The minimum Gasteiger partial charge on any atom is -0.369 e. The van der Waals surface area contributed by atoms with E-state index >= 15 is 0 Å². The Balaban J connectivity index is 1.63. The Kier molecular flexibility index (Phi) is 5.37. The van der Waals surface area contributed by atoms with Gasteiger partial charge in [0, 0.05) is 5.92 Å². The van der Waals surface area contributed by atoms with E-state index in [4.69, 9.17) is 5.73 Å². The van der Waals surface area contributed by atoms with Gasteiger partial charge in [0.05, 0.1) is 29.3 Å². The number of hydrogen-bond acceptors (Lipinski definition) is 4. The molecule has 26 heavy (non-hydrogen) atoms. The van der Waals surface area contributed by atoms with Gasteiger partial charge in [-0.2, -0.15) is 5.10 Å². The van der Waals surface area contributed by atoms with E-state index in [1.807, 2.05) is 48.9 Å². The number of amides is 2. The fourth-order valence-corrected chi connectivity index (χ4v) is 3.40. The van der Waals surface area contributed by atoms with Gasteiger partial charge < -0.3 is 11.1 Å². The van der Waals surface area contributed by atoms with Gasteiger partial charge in [-0.05, 0) is 51.9 Å². The van der Waals surface area contributed by atoms with Crippen LogP contribution in [0.1, 0.15) is 24.2 Å². The molecule has 7 nitrogen and oxygen atoms in total. The lowest BCUT2D eigenvalue weighted by Gasteiger charge is -2.29. The first-order valence-corrected chi connectivity index (χ1v) is 8.89. The zero-order valence-electron chi connectivity index (χ0n) is 15.2. The van der Waals surface area contributed by atoms with Crippen molar-refractivity contribution in [3.05, 3.63) is 41.7 Å². The van der Waals surface area contributed by atoms with Crippen molar-refractivity contribution < 1.29 is 9.59 Å². The first-order chi connectivity index (χ1) is 12.5. The van der Waals surface area contributed by atoms with E-state index in [1.165, 1.54) is 0 Å². The Morgan fingerprint density at radius 2 is 1.85 bits per heavy atom. The van der Waals surface area contributed by atoms with Crippen molar-refractivity contribution in [1.82, 2.24) is 14.7 Å². The molecule has 0 radical (unpaired) electrons. The van der Waals surface area contributed by atoms with E-state index in [1.54, 1.807) is 0 Å². The Morgan fingerprint density at radius 1 is 1.19 bits per heavy atom. The predicted molar refractivity (Wildman–Crippen MR) is 100 cm³/mol. The Labute approximate surface area is 153 Å². The molecule has 138 valence electrons. The third-order valence-corrected chi connectivity index (χ3v) is 4.91. The van der Waals surface area contributed by atoms with Crippen LogP contribution in [-0.4, -0.2) is 46.1 Å². The van der Waals surface area contributed by atoms with Gasteiger partial charge in [0.2, 0.25) is 11.8 Å². The van der Waals surface area contributed by atoms with E-state index in [0.717, 1.165) is 22.8 Å². The maximum Gasteiger partial charge on any atom is 0.238 e. The van der Waals surface area contributed by atoms with Gasteiger partial charge in [-0.1, -0.05) is 18.2 Å². The van der Waals surface area contributed by atoms with Crippen molar-refractivity contribution >= 4 is 17.5 Å². The number of primary amides is 1. The molecule has 1 aliphatic heterocycles. The number of hydrogen-bond donors (Lipinski definition) is 2. The number of aromatic nitrogens is 2. The lowest BCUT2D eigenvalue weighted by molar-refractivity contribution is -0.123. The highest BCUT2D eigenvalue weighted by Crippen LogP contribution is 2.23. The van der Waals surface area contributed by atoms with Crippen LogP contribution in [0.2, 0.25) is 0 Å². The van der Waals surface area contributed by atoms with Gasteiger partial charge in [0.15, 0.2) is 0 Å². The smallest absolute Gasteiger partial charge is 0.238 e. The molecule has 0 spiro atoms. The summed E-state index contributed by atoms with van der Waals surface area (Å²) < 4.78 is 1.84. The van der Waals surface area contributed by atoms with Crippen molar-refractivity contribution in [1.29, 1.82) is 0 Å². The standard InChI is InChI=1S/C19H25N5O2/c1-13-18(14(2)24(22-13)16-6-4-3-5-7-16)21-17(25)12-23-10-8-15(9-11-23)19(20)26/h3-7,15H,8-12H2,1-2H3,(H2,20,26)(H,21,25). The predicted octanol–water partition coefficient (Wildman–Crippen LogP) is 1.62. The molecule has 7 heteroatoms. The van der Waals surface area contributed by atoms with Crippen LogP contribution in [0.25, 0.3) is 5.69 Å². The van der Waals surface area contributed by atoms with Crippen LogP contribution in [0, 0.1) is 19.8 Å². The summed E-state index contributed by atoms with van der Waals surface area (Å²) in [7, 11) is 0. The molecule has 2 heterocycles. The second-order valence-electron chi connectivity index (χ2n) is 6.79. The lowest BCUT2D eigenvalue weighted by atomic mass is 9.96. The van der Waals surface area contributed by atoms with E-state index < -0.39 is 0 Å². The molecule has 1 aromatic carbocycles. The number of likely N-dealkylation sites (tertiary alicyclic amines) is 1. The Hall–Kier alpha value is -2.67. The summed E-state index contributed by atoms with van der Waals surface area (Å²) in [5.41, 5.74) is 8.75. The quantitative estimate of drug-likeness (QED) is 0.852. The van der Waals surface area contributed by atoms with Crippen molar-refractivity contribution in [3.8, 4) is 5.69 Å². The molecule has 3 N–H and O–H groups in total. The Bertz CT molecular complexity index is 792. The number of carbonyl (C=O) groups excluding carboxylic acids is 2. The SMILES string of the molecule is Cc1nn(-c2ccccc2)c(C)c1NC(=O)CN1CCC(C(N)=O)CC1. The van der Waals surface area contributed by atoms with Crippen LogP contribution < -0.4 is 11.1 Å². The fraction of sp³-hybridized carbons (Fsp3) is 0.421. The first kappa shape index (κ1) is 18.1. The number of nitrogens with one attached hydrogen (secondary N) is 1. The van der Waals surface area contributed by atoms with Crippen LogP contribution in [-0.2, 0) is 9.59 Å². The molecule has 0 aliphatic carbocycles.